The molecular formula is C38H55FN4O7S. The summed E-state index contributed by atoms with van der Waals surface area (Å²) in [5.41, 5.74) is 0.494. The number of hydrogen-bond acceptors (Lipinski definition) is 9. The molecule has 1 saturated heterocycles. The third kappa shape index (κ3) is 11.9. The molecule has 1 aromatic carbocycles. The van der Waals surface area contributed by atoms with E-state index in [1.54, 1.807) is 0 Å². The zero-order valence-electron chi connectivity index (χ0n) is 31.0. The number of rotatable bonds is 19. The highest BCUT2D eigenvalue weighted by Crippen LogP contribution is 2.33. The first-order valence-electron chi connectivity index (χ1n) is 18.1. The number of carbonyl (C=O) groups excluding carboxylic acids is 4. The summed E-state index contributed by atoms with van der Waals surface area (Å²) in [6.07, 6.45) is 3.71. The molecule has 1 fully saturated rings. The lowest BCUT2D eigenvalue weighted by Gasteiger charge is -2.39. The quantitative estimate of drug-likeness (QED) is 0.165. The summed E-state index contributed by atoms with van der Waals surface area (Å²) in [4.78, 5) is 74.1. The van der Waals surface area contributed by atoms with Gasteiger partial charge in [-0.3, -0.25) is 24.1 Å². The predicted octanol–water partition coefficient (Wildman–Crippen LogP) is 6.07. The molecular weight excluding hydrogens is 676 g/mol. The highest BCUT2D eigenvalue weighted by Gasteiger charge is 2.39. The van der Waals surface area contributed by atoms with Crippen molar-refractivity contribution in [1.29, 1.82) is 0 Å². The number of carboxylic acids is 1. The SMILES string of the molecule is CCCN(C(=O)C(CC(=O)C1CCCCN1C)[C@@H](C)CC)[C@H](C[C@@H](OC(C)=O)c1nc(C(=O)N[C@@H](Cc2ccc(F)cc2)C(=O)O)cs1)C(C)C. The number of amides is 2. The van der Waals surface area contributed by atoms with E-state index >= 15 is 0 Å². The van der Waals surface area contributed by atoms with Crippen molar-refractivity contribution in [2.24, 2.45) is 17.8 Å². The number of esters is 1. The number of ketones is 1. The van der Waals surface area contributed by atoms with Gasteiger partial charge in [0.1, 0.15) is 22.6 Å². The molecule has 13 heteroatoms. The van der Waals surface area contributed by atoms with Crippen LogP contribution < -0.4 is 5.32 Å². The largest absolute Gasteiger partial charge is 0.480 e. The number of carboxylic acid groups (broad SMARTS) is 1. The number of aromatic nitrogens is 1. The first-order chi connectivity index (χ1) is 24.2. The maximum absolute atomic E-state index is 14.5. The normalized spacial score (nSPS) is 17.9. The molecule has 2 amide bonds. The summed E-state index contributed by atoms with van der Waals surface area (Å²) in [5, 5.41) is 14.1. The van der Waals surface area contributed by atoms with E-state index in [2.05, 4.69) is 15.2 Å². The van der Waals surface area contributed by atoms with Crippen molar-refractivity contribution < 1.29 is 38.2 Å². The molecule has 0 saturated carbocycles. The second kappa shape index (κ2) is 19.8. The van der Waals surface area contributed by atoms with Crippen LogP contribution in [0.5, 0.6) is 0 Å². The fourth-order valence-corrected chi connectivity index (χ4v) is 7.59. The number of likely N-dealkylation sites (N-methyl/N-ethyl adjacent to an activating group) is 1. The van der Waals surface area contributed by atoms with Crippen LogP contribution in [0.3, 0.4) is 0 Å². The second-order valence-corrected chi connectivity index (χ2v) is 15.0. The minimum Gasteiger partial charge on any atom is -0.480 e. The number of carbonyl (C=O) groups is 5. The van der Waals surface area contributed by atoms with Crippen LogP contribution in [0, 0.1) is 23.6 Å². The molecule has 1 aromatic heterocycles. The number of nitrogens with one attached hydrogen (secondary N) is 1. The lowest BCUT2D eigenvalue weighted by Crippen LogP contribution is -2.50. The van der Waals surface area contributed by atoms with Gasteiger partial charge >= 0.3 is 11.9 Å². The molecule has 2 N–H and O–H groups in total. The van der Waals surface area contributed by atoms with Crippen LogP contribution in [0.25, 0.3) is 0 Å². The van der Waals surface area contributed by atoms with Crippen LogP contribution in [0.2, 0.25) is 0 Å². The van der Waals surface area contributed by atoms with Crippen LogP contribution >= 0.6 is 11.3 Å². The van der Waals surface area contributed by atoms with Crippen molar-refractivity contribution in [3.63, 3.8) is 0 Å². The summed E-state index contributed by atoms with van der Waals surface area (Å²) in [7, 11) is 1.97. The molecule has 2 unspecified atom stereocenters. The van der Waals surface area contributed by atoms with Gasteiger partial charge in [0.25, 0.3) is 5.91 Å². The Labute approximate surface area is 305 Å². The van der Waals surface area contributed by atoms with E-state index in [4.69, 9.17) is 4.74 Å². The van der Waals surface area contributed by atoms with Crippen molar-refractivity contribution in [3.8, 4) is 0 Å². The number of hydrogen-bond donors (Lipinski definition) is 2. The highest BCUT2D eigenvalue weighted by molar-refractivity contribution is 7.09. The summed E-state index contributed by atoms with van der Waals surface area (Å²) < 4.78 is 19.1. The number of nitrogens with zero attached hydrogens (tertiary/aromatic N) is 3. The molecule has 11 nitrogen and oxygen atoms in total. The molecule has 2 heterocycles. The van der Waals surface area contributed by atoms with Gasteiger partial charge in [0.2, 0.25) is 5.91 Å². The van der Waals surface area contributed by atoms with Crippen molar-refractivity contribution in [2.75, 3.05) is 20.1 Å². The summed E-state index contributed by atoms with van der Waals surface area (Å²) in [6.45, 7) is 12.6. The van der Waals surface area contributed by atoms with E-state index in [1.807, 2.05) is 46.6 Å². The van der Waals surface area contributed by atoms with E-state index in [0.29, 0.717) is 23.5 Å². The maximum Gasteiger partial charge on any atom is 0.326 e. The summed E-state index contributed by atoms with van der Waals surface area (Å²) in [5.74, 6) is -3.55. The maximum atomic E-state index is 14.5. The first kappa shape index (κ1) is 41.7. The summed E-state index contributed by atoms with van der Waals surface area (Å²) >= 11 is 1.10. The number of aliphatic carboxylic acids is 1. The van der Waals surface area contributed by atoms with Crippen molar-refractivity contribution >= 4 is 40.9 Å². The number of ether oxygens (including phenoxy) is 1. The fraction of sp³-hybridized carbons (Fsp3) is 0.632. The Morgan fingerprint density at radius 3 is 2.37 bits per heavy atom. The summed E-state index contributed by atoms with van der Waals surface area (Å²) in [6, 6.07) is 3.50. The van der Waals surface area contributed by atoms with E-state index in [-0.39, 0.29) is 60.6 Å². The number of halogens is 1. The number of benzene rings is 1. The van der Waals surface area contributed by atoms with Gasteiger partial charge in [0.15, 0.2) is 11.9 Å². The van der Waals surface area contributed by atoms with Crippen LogP contribution in [-0.2, 0) is 30.3 Å². The number of piperidine rings is 1. The lowest BCUT2D eigenvalue weighted by atomic mass is 9.82. The monoisotopic (exact) mass is 730 g/mol. The molecule has 0 bridgehead atoms. The average Bonchev–Trinajstić information content (AvgIpc) is 3.58. The van der Waals surface area contributed by atoms with Gasteiger partial charge in [0.05, 0.1) is 6.04 Å². The Morgan fingerprint density at radius 1 is 1.12 bits per heavy atom. The van der Waals surface area contributed by atoms with E-state index in [0.717, 1.165) is 43.6 Å². The third-order valence-electron chi connectivity index (χ3n) is 9.88. The first-order valence-corrected chi connectivity index (χ1v) is 19.0. The molecule has 3 rings (SSSR count). The Morgan fingerprint density at radius 2 is 1.80 bits per heavy atom. The van der Waals surface area contributed by atoms with Gasteiger partial charge in [-0.05, 0) is 62.4 Å². The molecule has 0 spiro atoms. The second-order valence-electron chi connectivity index (χ2n) is 14.1. The van der Waals surface area contributed by atoms with Gasteiger partial charge in [-0.25, -0.2) is 14.2 Å². The van der Waals surface area contributed by atoms with E-state index in [1.165, 1.54) is 36.6 Å². The third-order valence-corrected chi connectivity index (χ3v) is 10.8. The Kier molecular flexibility index (Phi) is 16.2. The van der Waals surface area contributed by atoms with Crippen molar-refractivity contribution in [1.82, 2.24) is 20.1 Å². The van der Waals surface area contributed by atoms with Crippen LogP contribution in [0.1, 0.15) is 114 Å². The molecule has 6 atom stereocenters. The van der Waals surface area contributed by atoms with Gasteiger partial charge in [-0.1, -0.05) is 59.6 Å². The minimum absolute atomic E-state index is 0.0236. The van der Waals surface area contributed by atoms with Crippen LogP contribution in [0.4, 0.5) is 4.39 Å². The van der Waals surface area contributed by atoms with Crippen molar-refractivity contribution in [2.45, 2.75) is 117 Å². The highest BCUT2D eigenvalue weighted by atomic mass is 32.1. The Balaban J connectivity index is 1.86. The fourth-order valence-electron chi connectivity index (χ4n) is 6.75. The van der Waals surface area contributed by atoms with Crippen LogP contribution in [-0.4, -0.2) is 87.7 Å². The topological polar surface area (TPSA) is 146 Å². The minimum atomic E-state index is -1.29. The molecule has 0 aliphatic carbocycles. The number of likely N-dealkylation sites (tertiary alicyclic amines) is 1. The zero-order valence-corrected chi connectivity index (χ0v) is 31.8. The smallest absolute Gasteiger partial charge is 0.326 e. The van der Waals surface area contributed by atoms with Crippen molar-refractivity contribution in [3.05, 3.63) is 51.7 Å². The molecule has 1 aliphatic heterocycles. The molecule has 0 radical (unpaired) electrons. The molecule has 1 aliphatic rings. The van der Waals surface area contributed by atoms with E-state index in [9.17, 15) is 33.5 Å². The molecule has 282 valence electrons. The van der Waals surface area contributed by atoms with Gasteiger partial charge in [0, 0.05) is 50.1 Å². The standard InChI is InChI=1S/C38H55FN4O7S/c1-8-17-43(37(47)28(24(5)9-2)20-33(45)31-12-10-11-18-42(31)7)32(23(3)4)21-34(50-25(6)44)36-41-30(22-51-36)35(46)40-29(38(48)49)19-26-13-15-27(39)16-14-26/h13-16,22-24,28-29,31-32,34H,8-12,17-21H2,1-7H3,(H,40,46)(H,48,49)/t24-,28?,29-,31?,32+,34+/m0/s1. The van der Waals surface area contributed by atoms with Gasteiger partial charge in [-0.15, -0.1) is 11.3 Å². The number of Topliss-reactive ketones (excluding diaryl/α,β-unsaturated/α-hetero) is 1. The number of thiazole rings is 1. The predicted molar refractivity (Wildman–Crippen MR) is 194 cm³/mol. The zero-order chi connectivity index (χ0) is 37.8. The Hall–Kier alpha value is -3.71. The lowest BCUT2D eigenvalue weighted by molar-refractivity contribution is -0.150. The Bertz CT molecular complexity index is 1480. The van der Waals surface area contributed by atoms with Crippen LogP contribution in [0.15, 0.2) is 29.6 Å². The molecule has 51 heavy (non-hydrogen) atoms. The van der Waals surface area contributed by atoms with Gasteiger partial charge < -0.3 is 20.1 Å². The van der Waals surface area contributed by atoms with Gasteiger partial charge in [-0.2, -0.15) is 0 Å². The van der Waals surface area contributed by atoms with E-state index < -0.39 is 41.7 Å². The molecule has 2 aromatic rings. The average molecular weight is 731 g/mol.